The Morgan fingerprint density at radius 2 is 2.04 bits per heavy atom. The molecule has 2 aliphatic rings. The second kappa shape index (κ2) is 9.51. The highest BCUT2D eigenvalue weighted by molar-refractivity contribution is 5.79. The number of allylic oxidation sites excluding steroid dienone is 2. The standard InChI is InChI=1S/C21H29N3O2/c25-20(23-16-18-5-4-12-22-15-18)9-8-17-10-13-24(14-11-17)21(26)19-6-2-1-3-7-19/h1-2,4-5,12,15,17,19H,3,6-11,13-14,16H2,(H,23,25)/t19-/m1/s1. The molecule has 1 N–H and O–H groups in total. The summed E-state index contributed by atoms with van der Waals surface area (Å²) in [5.41, 5.74) is 1.02. The smallest absolute Gasteiger partial charge is 0.226 e. The number of nitrogens with zero attached hydrogens (tertiary/aromatic N) is 2. The molecule has 1 aliphatic carbocycles. The third-order valence-electron chi connectivity index (χ3n) is 5.54. The van der Waals surface area contributed by atoms with Gasteiger partial charge in [0.05, 0.1) is 0 Å². The van der Waals surface area contributed by atoms with Gasteiger partial charge in [-0.05, 0) is 56.1 Å². The fraction of sp³-hybridized carbons (Fsp3) is 0.571. The van der Waals surface area contributed by atoms with Crippen molar-refractivity contribution in [1.82, 2.24) is 15.2 Å². The highest BCUT2D eigenvalue weighted by atomic mass is 16.2. The SMILES string of the molecule is O=C(CCC1CCN(C(=O)[C@@H]2CC=CCC2)CC1)NCc1cccnc1. The topological polar surface area (TPSA) is 62.3 Å². The minimum Gasteiger partial charge on any atom is -0.352 e. The van der Waals surface area contributed by atoms with Crippen LogP contribution in [0.3, 0.4) is 0 Å². The largest absolute Gasteiger partial charge is 0.352 e. The number of nitrogens with one attached hydrogen (secondary N) is 1. The van der Waals surface area contributed by atoms with Crippen LogP contribution in [0.5, 0.6) is 0 Å². The minimum absolute atomic E-state index is 0.0985. The zero-order valence-electron chi connectivity index (χ0n) is 15.4. The summed E-state index contributed by atoms with van der Waals surface area (Å²) in [6.45, 7) is 2.23. The van der Waals surface area contributed by atoms with Crippen LogP contribution < -0.4 is 5.32 Å². The van der Waals surface area contributed by atoms with E-state index >= 15 is 0 Å². The predicted octanol–water partition coefficient (Wildman–Crippen LogP) is 3.07. The van der Waals surface area contributed by atoms with Crippen molar-refractivity contribution >= 4 is 11.8 Å². The van der Waals surface area contributed by atoms with Crippen LogP contribution in [-0.4, -0.2) is 34.8 Å². The molecule has 0 unspecified atom stereocenters. The van der Waals surface area contributed by atoms with E-state index in [1.807, 2.05) is 17.0 Å². The van der Waals surface area contributed by atoms with E-state index in [0.717, 1.165) is 57.2 Å². The molecule has 1 aliphatic heterocycles. The Hall–Kier alpha value is -2.17. The van der Waals surface area contributed by atoms with Gasteiger partial charge in [0.2, 0.25) is 11.8 Å². The Labute approximate surface area is 155 Å². The van der Waals surface area contributed by atoms with Gasteiger partial charge in [-0.25, -0.2) is 0 Å². The second-order valence-corrected chi connectivity index (χ2v) is 7.43. The summed E-state index contributed by atoms with van der Waals surface area (Å²) in [5.74, 6) is 1.17. The van der Waals surface area contributed by atoms with Gasteiger partial charge in [0.1, 0.15) is 0 Å². The van der Waals surface area contributed by atoms with E-state index in [2.05, 4.69) is 22.5 Å². The maximum Gasteiger partial charge on any atom is 0.226 e. The maximum absolute atomic E-state index is 12.6. The van der Waals surface area contributed by atoms with E-state index in [4.69, 9.17) is 0 Å². The Balaban J connectivity index is 1.33. The first-order valence-electron chi connectivity index (χ1n) is 9.82. The third kappa shape index (κ3) is 5.41. The number of piperidine rings is 1. The molecule has 0 radical (unpaired) electrons. The number of pyridine rings is 1. The van der Waals surface area contributed by atoms with E-state index in [9.17, 15) is 9.59 Å². The zero-order chi connectivity index (χ0) is 18.2. The summed E-state index contributed by atoms with van der Waals surface area (Å²) in [6.07, 6.45) is 14.2. The Bertz CT molecular complexity index is 621. The lowest BCUT2D eigenvalue weighted by atomic mass is 9.89. The monoisotopic (exact) mass is 355 g/mol. The number of carbonyl (C=O) groups excluding carboxylic acids is 2. The molecule has 1 aromatic heterocycles. The number of likely N-dealkylation sites (tertiary alicyclic amines) is 1. The fourth-order valence-corrected chi connectivity index (χ4v) is 3.85. The Morgan fingerprint density at radius 3 is 2.73 bits per heavy atom. The highest BCUT2D eigenvalue weighted by Crippen LogP contribution is 2.26. The van der Waals surface area contributed by atoms with Crippen molar-refractivity contribution in [3.8, 4) is 0 Å². The number of amides is 2. The number of rotatable bonds is 6. The normalized spacial score (nSPS) is 20.8. The summed E-state index contributed by atoms with van der Waals surface area (Å²) in [6, 6.07) is 3.84. The van der Waals surface area contributed by atoms with Crippen LogP contribution in [0.2, 0.25) is 0 Å². The van der Waals surface area contributed by atoms with E-state index in [1.165, 1.54) is 0 Å². The quantitative estimate of drug-likeness (QED) is 0.798. The molecule has 0 bridgehead atoms. The second-order valence-electron chi connectivity index (χ2n) is 7.43. The summed E-state index contributed by atoms with van der Waals surface area (Å²) >= 11 is 0. The van der Waals surface area contributed by atoms with Crippen LogP contribution in [0.1, 0.15) is 50.5 Å². The predicted molar refractivity (Wildman–Crippen MR) is 101 cm³/mol. The molecule has 140 valence electrons. The van der Waals surface area contributed by atoms with Crippen LogP contribution in [0.4, 0.5) is 0 Å². The van der Waals surface area contributed by atoms with Gasteiger partial charge in [-0.1, -0.05) is 18.2 Å². The van der Waals surface area contributed by atoms with Crippen LogP contribution in [0.15, 0.2) is 36.7 Å². The molecule has 26 heavy (non-hydrogen) atoms. The van der Waals surface area contributed by atoms with Crippen LogP contribution in [-0.2, 0) is 16.1 Å². The molecule has 1 saturated heterocycles. The molecule has 5 heteroatoms. The molecule has 3 rings (SSSR count). The van der Waals surface area contributed by atoms with Crippen LogP contribution >= 0.6 is 0 Å². The number of hydrogen-bond donors (Lipinski definition) is 1. The summed E-state index contributed by atoms with van der Waals surface area (Å²) in [7, 11) is 0. The van der Waals surface area contributed by atoms with Crippen molar-refractivity contribution in [2.24, 2.45) is 11.8 Å². The first kappa shape index (κ1) is 18.6. The van der Waals surface area contributed by atoms with Crippen molar-refractivity contribution in [2.75, 3.05) is 13.1 Å². The van der Waals surface area contributed by atoms with Gasteiger partial charge < -0.3 is 10.2 Å². The van der Waals surface area contributed by atoms with Crippen molar-refractivity contribution in [3.63, 3.8) is 0 Å². The van der Waals surface area contributed by atoms with E-state index < -0.39 is 0 Å². The molecular weight excluding hydrogens is 326 g/mol. The van der Waals surface area contributed by atoms with Crippen molar-refractivity contribution in [2.45, 2.75) is 51.5 Å². The molecule has 5 nitrogen and oxygen atoms in total. The molecule has 0 aromatic carbocycles. The van der Waals surface area contributed by atoms with Gasteiger partial charge in [-0.2, -0.15) is 0 Å². The maximum atomic E-state index is 12.6. The molecule has 1 aromatic rings. The van der Waals surface area contributed by atoms with Gasteiger partial charge >= 0.3 is 0 Å². The van der Waals surface area contributed by atoms with Crippen molar-refractivity contribution in [1.29, 1.82) is 0 Å². The molecule has 0 saturated carbocycles. The van der Waals surface area contributed by atoms with Gasteiger partial charge in [0.25, 0.3) is 0 Å². The van der Waals surface area contributed by atoms with Crippen LogP contribution in [0.25, 0.3) is 0 Å². The molecule has 2 heterocycles. The summed E-state index contributed by atoms with van der Waals surface area (Å²) in [4.78, 5) is 30.7. The van der Waals surface area contributed by atoms with Gasteiger partial charge in [0.15, 0.2) is 0 Å². The number of carbonyl (C=O) groups is 2. The van der Waals surface area contributed by atoms with E-state index in [0.29, 0.717) is 24.8 Å². The molecular formula is C21H29N3O2. The highest BCUT2D eigenvalue weighted by Gasteiger charge is 2.28. The minimum atomic E-state index is 0.0985. The average Bonchev–Trinajstić information content (AvgIpc) is 2.72. The lowest BCUT2D eigenvalue weighted by Crippen LogP contribution is -2.42. The number of hydrogen-bond acceptors (Lipinski definition) is 3. The Kier molecular flexibility index (Phi) is 6.81. The lowest BCUT2D eigenvalue weighted by Gasteiger charge is -2.34. The average molecular weight is 355 g/mol. The summed E-state index contributed by atoms with van der Waals surface area (Å²) < 4.78 is 0. The first-order chi connectivity index (χ1) is 12.7. The van der Waals surface area contributed by atoms with Crippen LogP contribution in [0, 0.1) is 11.8 Å². The van der Waals surface area contributed by atoms with Gasteiger partial charge in [-0.3, -0.25) is 14.6 Å². The van der Waals surface area contributed by atoms with Crippen molar-refractivity contribution < 1.29 is 9.59 Å². The fourth-order valence-electron chi connectivity index (χ4n) is 3.85. The number of aromatic nitrogens is 1. The molecule has 2 amide bonds. The van der Waals surface area contributed by atoms with Gasteiger partial charge in [-0.15, -0.1) is 0 Å². The van der Waals surface area contributed by atoms with E-state index in [-0.39, 0.29) is 11.8 Å². The molecule has 1 fully saturated rings. The Morgan fingerprint density at radius 1 is 1.19 bits per heavy atom. The van der Waals surface area contributed by atoms with E-state index in [1.54, 1.807) is 12.4 Å². The molecule has 1 atom stereocenters. The third-order valence-corrected chi connectivity index (χ3v) is 5.54. The summed E-state index contributed by atoms with van der Waals surface area (Å²) in [5, 5.41) is 2.96. The lowest BCUT2D eigenvalue weighted by molar-refractivity contribution is -0.137. The first-order valence-corrected chi connectivity index (χ1v) is 9.82. The van der Waals surface area contributed by atoms with Gasteiger partial charge in [0, 0.05) is 44.4 Å². The zero-order valence-corrected chi connectivity index (χ0v) is 15.4. The molecule has 0 spiro atoms. The van der Waals surface area contributed by atoms with Crippen molar-refractivity contribution in [3.05, 3.63) is 42.2 Å².